The van der Waals surface area contributed by atoms with Crippen LogP contribution < -0.4 is 0 Å². The minimum absolute atomic E-state index is 0.0919. The van der Waals surface area contributed by atoms with Crippen molar-refractivity contribution in [2.24, 2.45) is 0 Å². The van der Waals surface area contributed by atoms with E-state index in [-0.39, 0.29) is 23.7 Å². The van der Waals surface area contributed by atoms with E-state index in [0.717, 1.165) is 25.0 Å². The molecule has 0 radical (unpaired) electrons. The minimum atomic E-state index is -4.41. The van der Waals surface area contributed by atoms with Gasteiger partial charge in [-0.25, -0.2) is 4.68 Å². The van der Waals surface area contributed by atoms with Crippen molar-refractivity contribution in [3.05, 3.63) is 72.6 Å². The topological polar surface area (TPSA) is 51.0 Å². The molecule has 1 aliphatic heterocycles. The Balaban J connectivity index is 1.78. The van der Waals surface area contributed by atoms with Gasteiger partial charge in [0.2, 0.25) is 0 Å². The van der Waals surface area contributed by atoms with Gasteiger partial charge in [0.1, 0.15) is 0 Å². The number of aromatic nitrogens is 3. The second-order valence-corrected chi connectivity index (χ2v) is 7.27. The maximum atomic E-state index is 13.1. The summed E-state index contributed by atoms with van der Waals surface area (Å²) in [5, 5.41) is 7.89. The standard InChI is InChI=1S/C21H23F3N4O/c1-3-9-20(10-4-2)11-6-12-28(20)19(29)18-15-27(26-25-18)14-16-7-5-8-17(13-16)21(22,23)24/h3-5,7-8,13,15H,1-2,6,9-12,14H2. The second kappa shape index (κ2) is 8.23. The highest BCUT2D eigenvalue weighted by Crippen LogP contribution is 2.37. The molecule has 29 heavy (non-hydrogen) atoms. The van der Waals surface area contributed by atoms with Crippen molar-refractivity contribution in [3.63, 3.8) is 0 Å². The summed E-state index contributed by atoms with van der Waals surface area (Å²) in [7, 11) is 0. The van der Waals surface area contributed by atoms with Gasteiger partial charge in [-0.15, -0.1) is 18.3 Å². The molecule has 1 aromatic heterocycles. The molecule has 1 saturated heterocycles. The summed E-state index contributed by atoms with van der Waals surface area (Å²) in [4.78, 5) is 14.9. The third kappa shape index (κ3) is 4.41. The van der Waals surface area contributed by atoms with Crippen LogP contribution >= 0.6 is 0 Å². The van der Waals surface area contributed by atoms with Crippen LogP contribution in [0.3, 0.4) is 0 Å². The molecule has 2 heterocycles. The molecule has 0 aliphatic carbocycles. The summed E-state index contributed by atoms with van der Waals surface area (Å²) in [5.41, 5.74) is -0.471. The number of hydrogen-bond acceptors (Lipinski definition) is 3. The zero-order valence-corrected chi connectivity index (χ0v) is 16.0. The van der Waals surface area contributed by atoms with Crippen LogP contribution in [0.2, 0.25) is 0 Å². The summed E-state index contributed by atoms with van der Waals surface area (Å²) in [5.74, 6) is -0.235. The molecule has 3 rings (SSSR count). The fourth-order valence-corrected chi connectivity index (χ4v) is 3.95. The van der Waals surface area contributed by atoms with Crippen LogP contribution in [0.4, 0.5) is 13.2 Å². The highest BCUT2D eigenvalue weighted by molar-refractivity contribution is 5.92. The van der Waals surface area contributed by atoms with E-state index in [1.54, 1.807) is 23.1 Å². The number of hydrogen-bond donors (Lipinski definition) is 0. The third-order valence-electron chi connectivity index (χ3n) is 5.25. The Bertz CT molecular complexity index is 893. The molecule has 1 aliphatic rings. The molecule has 1 aromatic carbocycles. The Morgan fingerprint density at radius 2 is 1.97 bits per heavy atom. The Kier molecular flexibility index (Phi) is 5.91. The van der Waals surface area contributed by atoms with Gasteiger partial charge in [-0.1, -0.05) is 29.5 Å². The average Bonchev–Trinajstić information content (AvgIpc) is 3.29. The van der Waals surface area contributed by atoms with Gasteiger partial charge >= 0.3 is 6.18 Å². The van der Waals surface area contributed by atoms with Crippen molar-refractivity contribution >= 4 is 5.91 Å². The number of halogens is 3. The predicted molar refractivity (Wildman–Crippen MR) is 103 cm³/mol. The van der Waals surface area contributed by atoms with Gasteiger partial charge in [-0.3, -0.25) is 4.79 Å². The van der Waals surface area contributed by atoms with E-state index in [9.17, 15) is 18.0 Å². The number of nitrogens with zero attached hydrogens (tertiary/aromatic N) is 4. The molecular weight excluding hydrogens is 381 g/mol. The van der Waals surface area contributed by atoms with Crippen LogP contribution in [-0.2, 0) is 12.7 Å². The van der Waals surface area contributed by atoms with Gasteiger partial charge in [0.15, 0.2) is 5.69 Å². The first-order valence-corrected chi connectivity index (χ1v) is 9.39. The quantitative estimate of drug-likeness (QED) is 0.640. The summed E-state index contributed by atoms with van der Waals surface area (Å²) < 4.78 is 40.0. The first kappa shape index (κ1) is 20.8. The summed E-state index contributed by atoms with van der Waals surface area (Å²) in [6.07, 6.45) is 3.73. The lowest BCUT2D eigenvalue weighted by Gasteiger charge is -2.37. The lowest BCUT2D eigenvalue weighted by molar-refractivity contribution is -0.137. The zero-order valence-electron chi connectivity index (χ0n) is 16.0. The van der Waals surface area contributed by atoms with Gasteiger partial charge in [-0.05, 0) is 43.4 Å². The van der Waals surface area contributed by atoms with Crippen molar-refractivity contribution in [1.29, 1.82) is 0 Å². The van der Waals surface area contributed by atoms with Crippen molar-refractivity contribution in [3.8, 4) is 0 Å². The highest BCUT2D eigenvalue weighted by Gasteiger charge is 2.42. The summed E-state index contributed by atoms with van der Waals surface area (Å²) >= 11 is 0. The molecule has 5 nitrogen and oxygen atoms in total. The predicted octanol–water partition coefficient (Wildman–Crippen LogP) is 4.47. The smallest absolute Gasteiger partial charge is 0.331 e. The van der Waals surface area contributed by atoms with Gasteiger partial charge in [-0.2, -0.15) is 13.2 Å². The van der Waals surface area contributed by atoms with Gasteiger partial charge in [0.25, 0.3) is 5.91 Å². The van der Waals surface area contributed by atoms with E-state index in [2.05, 4.69) is 23.5 Å². The third-order valence-corrected chi connectivity index (χ3v) is 5.25. The maximum absolute atomic E-state index is 13.1. The number of carbonyl (C=O) groups is 1. The molecular formula is C21H23F3N4O. The van der Waals surface area contributed by atoms with Gasteiger partial charge in [0.05, 0.1) is 23.8 Å². The first-order valence-electron chi connectivity index (χ1n) is 9.39. The van der Waals surface area contributed by atoms with E-state index >= 15 is 0 Å². The monoisotopic (exact) mass is 404 g/mol. The van der Waals surface area contributed by atoms with E-state index in [1.165, 1.54) is 16.9 Å². The van der Waals surface area contributed by atoms with Crippen molar-refractivity contribution < 1.29 is 18.0 Å². The largest absolute Gasteiger partial charge is 0.416 e. The van der Waals surface area contributed by atoms with E-state index in [4.69, 9.17) is 0 Å². The normalized spacial score (nSPS) is 16.0. The van der Waals surface area contributed by atoms with Crippen LogP contribution in [0.5, 0.6) is 0 Å². The van der Waals surface area contributed by atoms with Crippen molar-refractivity contribution in [2.45, 2.75) is 43.9 Å². The summed E-state index contributed by atoms with van der Waals surface area (Å²) in [6.45, 7) is 8.32. The Hall–Kier alpha value is -2.90. The molecule has 0 N–H and O–H groups in total. The van der Waals surface area contributed by atoms with E-state index in [0.29, 0.717) is 24.9 Å². The SMILES string of the molecule is C=CCC1(CC=C)CCCN1C(=O)c1cn(Cc2cccc(C(F)(F)F)c2)nn1. The van der Waals surface area contributed by atoms with Crippen molar-refractivity contribution in [1.82, 2.24) is 19.9 Å². The molecule has 8 heteroatoms. The maximum Gasteiger partial charge on any atom is 0.416 e. The number of amides is 1. The molecule has 0 bridgehead atoms. The molecule has 0 saturated carbocycles. The second-order valence-electron chi connectivity index (χ2n) is 7.27. The molecule has 1 fully saturated rings. The Labute approximate surface area is 167 Å². The molecule has 2 aromatic rings. The number of alkyl halides is 3. The number of rotatable bonds is 7. The first-order chi connectivity index (χ1) is 13.8. The summed E-state index contributed by atoms with van der Waals surface area (Å²) in [6, 6.07) is 5.02. The van der Waals surface area contributed by atoms with Gasteiger partial charge < -0.3 is 4.90 Å². The molecule has 154 valence electrons. The van der Waals surface area contributed by atoms with E-state index < -0.39 is 11.7 Å². The molecule has 0 spiro atoms. The molecule has 0 unspecified atom stereocenters. The Morgan fingerprint density at radius 1 is 1.24 bits per heavy atom. The Morgan fingerprint density at radius 3 is 2.62 bits per heavy atom. The minimum Gasteiger partial charge on any atom is -0.331 e. The zero-order chi connectivity index (χ0) is 21.1. The fourth-order valence-electron chi connectivity index (χ4n) is 3.95. The number of benzene rings is 1. The van der Waals surface area contributed by atoms with Crippen LogP contribution in [0.25, 0.3) is 0 Å². The van der Waals surface area contributed by atoms with E-state index in [1.807, 2.05) is 0 Å². The lowest BCUT2D eigenvalue weighted by Crippen LogP contribution is -2.47. The molecule has 0 atom stereocenters. The number of carbonyl (C=O) groups excluding carboxylic acids is 1. The van der Waals surface area contributed by atoms with Gasteiger partial charge in [0, 0.05) is 6.54 Å². The average molecular weight is 404 g/mol. The van der Waals surface area contributed by atoms with Crippen LogP contribution in [0, 0.1) is 0 Å². The van der Waals surface area contributed by atoms with Crippen LogP contribution in [-0.4, -0.2) is 37.9 Å². The lowest BCUT2D eigenvalue weighted by atomic mass is 9.88. The highest BCUT2D eigenvalue weighted by atomic mass is 19.4. The van der Waals surface area contributed by atoms with Crippen molar-refractivity contribution in [2.75, 3.05) is 6.54 Å². The fraction of sp³-hybridized carbons (Fsp3) is 0.381. The number of likely N-dealkylation sites (tertiary alicyclic amines) is 1. The molecule has 1 amide bonds. The van der Waals surface area contributed by atoms with Crippen LogP contribution in [0.15, 0.2) is 55.8 Å². The van der Waals surface area contributed by atoms with Crippen LogP contribution in [0.1, 0.15) is 47.3 Å².